The molecule has 0 saturated heterocycles. The fourth-order valence-electron chi connectivity index (χ4n) is 3.70. The van der Waals surface area contributed by atoms with Crippen LogP contribution in [0, 0.1) is 5.92 Å². The molecule has 0 spiro atoms. The van der Waals surface area contributed by atoms with Gasteiger partial charge in [-0.1, -0.05) is 18.2 Å². The molecule has 0 heterocycles. The molecule has 2 aromatic carbocycles. The zero-order chi connectivity index (χ0) is 20.3. The number of fused-ring (bicyclic) bond motifs is 1. The van der Waals surface area contributed by atoms with Gasteiger partial charge in [-0.3, -0.25) is 0 Å². The Hall–Kier alpha value is -2.54. The highest BCUT2D eigenvalue weighted by Gasteiger charge is 2.35. The molecule has 2 N–H and O–H groups in total. The molecular formula is C21H24F3N3O. The standard InChI is InChI=1S/C21H24F3N3O/c1-27(2)13-14-8-9-15-12-19(18(21(22,23)24)11-16(15)10-14)26-20(28)25-17-6-4-3-5-7-17/h3-7,11-12,14H,8-10,13H2,1-2H3,(H2,25,26,28). The molecule has 0 aliphatic heterocycles. The fourth-order valence-corrected chi connectivity index (χ4v) is 3.70. The highest BCUT2D eigenvalue weighted by atomic mass is 19.4. The van der Waals surface area contributed by atoms with E-state index in [9.17, 15) is 18.0 Å². The van der Waals surface area contributed by atoms with Crippen molar-refractivity contribution in [1.29, 1.82) is 0 Å². The normalized spacial score (nSPS) is 16.6. The molecule has 1 aliphatic carbocycles. The molecule has 1 aliphatic rings. The minimum atomic E-state index is -4.54. The van der Waals surface area contributed by atoms with Crippen molar-refractivity contribution in [2.45, 2.75) is 25.4 Å². The maximum absolute atomic E-state index is 13.6. The Bertz CT molecular complexity index is 835. The van der Waals surface area contributed by atoms with Gasteiger partial charge in [0.15, 0.2) is 0 Å². The number of aryl methyl sites for hydroxylation is 1. The van der Waals surface area contributed by atoms with Gasteiger partial charge in [-0.05, 0) is 74.7 Å². The summed E-state index contributed by atoms with van der Waals surface area (Å²) < 4.78 is 40.9. The van der Waals surface area contributed by atoms with Crippen LogP contribution in [0.15, 0.2) is 42.5 Å². The van der Waals surface area contributed by atoms with Gasteiger partial charge in [-0.25, -0.2) is 4.79 Å². The predicted molar refractivity (Wildman–Crippen MR) is 105 cm³/mol. The van der Waals surface area contributed by atoms with E-state index in [1.165, 1.54) is 12.1 Å². The van der Waals surface area contributed by atoms with Gasteiger partial charge in [-0.15, -0.1) is 0 Å². The number of para-hydroxylation sites is 1. The molecule has 0 saturated carbocycles. The van der Waals surface area contributed by atoms with Gasteiger partial charge < -0.3 is 15.5 Å². The Morgan fingerprint density at radius 3 is 2.46 bits per heavy atom. The number of nitrogens with one attached hydrogen (secondary N) is 2. The molecule has 0 bridgehead atoms. The monoisotopic (exact) mass is 391 g/mol. The van der Waals surface area contributed by atoms with Gasteiger partial charge in [0.2, 0.25) is 0 Å². The highest BCUT2D eigenvalue weighted by molar-refractivity contribution is 6.00. The molecule has 0 radical (unpaired) electrons. The lowest BCUT2D eigenvalue weighted by Crippen LogP contribution is -2.27. The van der Waals surface area contributed by atoms with Crippen molar-refractivity contribution in [3.05, 3.63) is 59.2 Å². The number of halogens is 3. The number of urea groups is 1. The van der Waals surface area contributed by atoms with E-state index in [0.717, 1.165) is 24.1 Å². The van der Waals surface area contributed by atoms with Crippen LogP contribution in [-0.2, 0) is 19.0 Å². The largest absolute Gasteiger partial charge is 0.418 e. The summed E-state index contributed by atoms with van der Waals surface area (Å²) in [5, 5.41) is 4.94. The van der Waals surface area contributed by atoms with Crippen molar-refractivity contribution in [3.8, 4) is 0 Å². The Morgan fingerprint density at radius 2 is 1.82 bits per heavy atom. The molecular weight excluding hydrogens is 367 g/mol. The maximum atomic E-state index is 13.6. The molecule has 1 unspecified atom stereocenters. The Labute approximate surface area is 162 Å². The lowest BCUT2D eigenvalue weighted by molar-refractivity contribution is -0.137. The number of amides is 2. The Kier molecular flexibility index (Phi) is 5.93. The summed E-state index contributed by atoms with van der Waals surface area (Å²) in [7, 11) is 3.93. The highest BCUT2D eigenvalue weighted by Crippen LogP contribution is 2.39. The number of alkyl halides is 3. The second-order valence-electron chi connectivity index (χ2n) is 7.48. The van der Waals surface area contributed by atoms with Crippen LogP contribution in [0.5, 0.6) is 0 Å². The third kappa shape index (κ3) is 5.04. The van der Waals surface area contributed by atoms with Crippen LogP contribution < -0.4 is 10.6 Å². The minimum Gasteiger partial charge on any atom is -0.309 e. The van der Waals surface area contributed by atoms with Gasteiger partial charge in [0.25, 0.3) is 0 Å². The molecule has 0 aromatic heterocycles. The number of carbonyl (C=O) groups is 1. The molecule has 28 heavy (non-hydrogen) atoms. The van der Waals surface area contributed by atoms with E-state index in [4.69, 9.17) is 0 Å². The second-order valence-corrected chi connectivity index (χ2v) is 7.48. The average Bonchev–Trinajstić information content (AvgIpc) is 2.60. The molecule has 3 rings (SSSR count). The van der Waals surface area contributed by atoms with E-state index in [0.29, 0.717) is 24.4 Å². The first-order valence-corrected chi connectivity index (χ1v) is 9.23. The Balaban J connectivity index is 1.84. The van der Waals surface area contributed by atoms with E-state index in [2.05, 4.69) is 15.5 Å². The SMILES string of the molecule is CN(C)CC1CCc2cc(NC(=O)Nc3ccccc3)c(C(F)(F)F)cc2C1. The summed E-state index contributed by atoms with van der Waals surface area (Å²) in [4.78, 5) is 14.3. The number of nitrogens with zero attached hydrogens (tertiary/aromatic N) is 1. The molecule has 4 nitrogen and oxygen atoms in total. The zero-order valence-electron chi connectivity index (χ0n) is 15.9. The summed E-state index contributed by atoms with van der Waals surface area (Å²) in [5.74, 6) is 0.337. The number of hydrogen-bond donors (Lipinski definition) is 2. The molecule has 0 fully saturated rings. The van der Waals surface area contributed by atoms with E-state index < -0.39 is 17.8 Å². The van der Waals surface area contributed by atoms with Crippen molar-refractivity contribution in [3.63, 3.8) is 0 Å². The van der Waals surface area contributed by atoms with Crippen LogP contribution in [0.2, 0.25) is 0 Å². The second kappa shape index (κ2) is 8.22. The quantitative estimate of drug-likeness (QED) is 0.769. The lowest BCUT2D eigenvalue weighted by Gasteiger charge is -2.28. The zero-order valence-corrected chi connectivity index (χ0v) is 15.9. The number of carbonyl (C=O) groups excluding carboxylic acids is 1. The summed E-state index contributed by atoms with van der Waals surface area (Å²) in [6.45, 7) is 0.847. The first kappa shape index (κ1) is 20.2. The predicted octanol–water partition coefficient (Wildman–Crippen LogP) is 5.02. The first-order valence-electron chi connectivity index (χ1n) is 9.23. The maximum Gasteiger partial charge on any atom is 0.418 e. The minimum absolute atomic E-state index is 0.203. The van der Waals surface area contributed by atoms with Crippen molar-refractivity contribution < 1.29 is 18.0 Å². The van der Waals surface area contributed by atoms with E-state index >= 15 is 0 Å². The van der Waals surface area contributed by atoms with Crippen LogP contribution >= 0.6 is 0 Å². The topological polar surface area (TPSA) is 44.4 Å². The van der Waals surface area contributed by atoms with Crippen molar-refractivity contribution in [2.24, 2.45) is 5.92 Å². The van der Waals surface area contributed by atoms with Gasteiger partial charge in [0, 0.05) is 12.2 Å². The third-order valence-corrected chi connectivity index (χ3v) is 4.88. The van der Waals surface area contributed by atoms with E-state index in [1.807, 2.05) is 14.1 Å². The van der Waals surface area contributed by atoms with Crippen LogP contribution in [0.25, 0.3) is 0 Å². The summed E-state index contributed by atoms with van der Waals surface area (Å²) in [6.07, 6.45) is -2.29. The molecule has 1 atom stereocenters. The number of benzene rings is 2. The molecule has 7 heteroatoms. The molecule has 150 valence electrons. The molecule has 2 amide bonds. The van der Waals surface area contributed by atoms with Crippen LogP contribution in [0.1, 0.15) is 23.1 Å². The fraction of sp³-hybridized carbons (Fsp3) is 0.381. The summed E-state index contributed by atoms with van der Waals surface area (Å²) in [6, 6.07) is 10.6. The number of anilines is 2. The van der Waals surface area contributed by atoms with Crippen molar-refractivity contribution in [2.75, 3.05) is 31.3 Å². The van der Waals surface area contributed by atoms with E-state index in [1.54, 1.807) is 30.3 Å². The summed E-state index contributed by atoms with van der Waals surface area (Å²) in [5.41, 5.74) is 1.10. The molecule has 2 aromatic rings. The van der Waals surface area contributed by atoms with Gasteiger partial charge in [-0.2, -0.15) is 13.2 Å². The third-order valence-electron chi connectivity index (χ3n) is 4.88. The van der Waals surface area contributed by atoms with Gasteiger partial charge in [0.05, 0.1) is 11.3 Å². The summed E-state index contributed by atoms with van der Waals surface area (Å²) >= 11 is 0. The van der Waals surface area contributed by atoms with Crippen molar-refractivity contribution >= 4 is 17.4 Å². The van der Waals surface area contributed by atoms with Gasteiger partial charge >= 0.3 is 12.2 Å². The van der Waals surface area contributed by atoms with Crippen molar-refractivity contribution in [1.82, 2.24) is 4.90 Å². The number of rotatable bonds is 4. The number of hydrogen-bond acceptors (Lipinski definition) is 2. The lowest BCUT2D eigenvalue weighted by atomic mass is 9.82. The van der Waals surface area contributed by atoms with Gasteiger partial charge in [0.1, 0.15) is 0 Å². The smallest absolute Gasteiger partial charge is 0.309 e. The average molecular weight is 391 g/mol. The first-order chi connectivity index (χ1) is 13.2. The van der Waals surface area contributed by atoms with Crippen LogP contribution in [0.3, 0.4) is 0 Å². The Morgan fingerprint density at radius 1 is 1.11 bits per heavy atom. The van der Waals surface area contributed by atoms with Crippen LogP contribution in [0.4, 0.5) is 29.3 Å². The van der Waals surface area contributed by atoms with Crippen LogP contribution in [-0.4, -0.2) is 31.6 Å². The van der Waals surface area contributed by atoms with E-state index in [-0.39, 0.29) is 5.69 Å².